The number of sulfonamides is 1. The van der Waals surface area contributed by atoms with Crippen LogP contribution in [-0.2, 0) is 32.5 Å². The number of allylic oxidation sites excluding steroid dienone is 1. The normalized spacial score (nSPS) is 14.7. The fourth-order valence-electron chi connectivity index (χ4n) is 3.58. The summed E-state index contributed by atoms with van der Waals surface area (Å²) in [6.07, 6.45) is 9.39. The molecule has 0 bridgehead atoms. The zero-order valence-electron chi connectivity index (χ0n) is 18.1. The summed E-state index contributed by atoms with van der Waals surface area (Å²) in [7, 11) is -3.98. The van der Waals surface area contributed by atoms with Crippen molar-refractivity contribution in [3.8, 4) is 5.75 Å². The molecule has 0 radical (unpaired) electrons. The van der Waals surface area contributed by atoms with Crippen LogP contribution in [0.1, 0.15) is 36.8 Å². The average Bonchev–Trinajstić information content (AvgIpc) is 3.32. The largest absolute Gasteiger partial charge is 0.480 e. The Bertz CT molecular complexity index is 1080. The highest BCUT2D eigenvalue weighted by atomic mass is 32.2. The van der Waals surface area contributed by atoms with Crippen LogP contribution in [-0.4, -0.2) is 53.6 Å². The molecule has 11 heteroatoms. The number of fused-ring (bicyclic) bond motifs is 1. The van der Waals surface area contributed by atoms with E-state index in [4.69, 9.17) is 4.74 Å². The van der Waals surface area contributed by atoms with Gasteiger partial charge in [-0.25, -0.2) is 18.2 Å². The number of imidazole rings is 1. The molecule has 0 saturated carbocycles. The molecule has 178 valence electrons. The number of H-pyrrole nitrogens is 1. The van der Waals surface area contributed by atoms with Crippen molar-refractivity contribution in [3.63, 3.8) is 0 Å². The van der Waals surface area contributed by atoms with Gasteiger partial charge >= 0.3 is 5.97 Å². The summed E-state index contributed by atoms with van der Waals surface area (Å²) < 4.78 is 32.6. The monoisotopic (exact) mass is 476 g/mol. The van der Waals surface area contributed by atoms with Gasteiger partial charge in [-0.3, -0.25) is 0 Å². The second-order valence-corrected chi connectivity index (χ2v) is 9.72. The number of unbranched alkanes of at least 4 members (excludes halogenated alkanes) is 1. The van der Waals surface area contributed by atoms with E-state index < -0.39 is 21.5 Å². The number of carboxylic acids is 1. The quantitative estimate of drug-likeness (QED) is 0.184. The van der Waals surface area contributed by atoms with E-state index in [0.29, 0.717) is 31.8 Å². The second-order valence-electron chi connectivity index (χ2n) is 7.88. The van der Waals surface area contributed by atoms with E-state index in [1.165, 1.54) is 0 Å². The van der Waals surface area contributed by atoms with Crippen LogP contribution in [0.2, 0.25) is 0 Å². The summed E-state index contributed by atoms with van der Waals surface area (Å²) in [5, 5.41) is 12.5. The van der Waals surface area contributed by atoms with Gasteiger partial charge < -0.3 is 24.9 Å². The van der Waals surface area contributed by atoms with Crippen LogP contribution < -0.4 is 14.8 Å². The topological polar surface area (TPSA) is 150 Å². The highest BCUT2D eigenvalue weighted by Crippen LogP contribution is 2.25. The fraction of sp³-hybridized carbons (Fsp3) is 0.409. The van der Waals surface area contributed by atoms with Crippen LogP contribution in [0.25, 0.3) is 0 Å². The molecule has 3 rings (SSSR count). The Morgan fingerprint density at radius 2 is 2.15 bits per heavy atom. The summed E-state index contributed by atoms with van der Waals surface area (Å²) in [5.74, 6) is -0.460. The number of aliphatic carboxylic acids is 1. The Labute approximate surface area is 192 Å². The SMILES string of the molecule is O=C[C@](CCCNc1ncc[nH]1)(NS(=O)(=O)CCCCc1ccc2c(c1)CC=CO2)C(=O)O. The first kappa shape index (κ1) is 24.5. The predicted molar refractivity (Wildman–Crippen MR) is 123 cm³/mol. The minimum atomic E-state index is -3.98. The van der Waals surface area contributed by atoms with Gasteiger partial charge in [0.25, 0.3) is 0 Å². The predicted octanol–water partition coefficient (Wildman–Crippen LogP) is 2.01. The van der Waals surface area contributed by atoms with Gasteiger partial charge in [0.15, 0.2) is 17.8 Å². The van der Waals surface area contributed by atoms with E-state index in [2.05, 4.69) is 20.0 Å². The van der Waals surface area contributed by atoms with Crippen LogP contribution in [0.5, 0.6) is 5.75 Å². The molecule has 33 heavy (non-hydrogen) atoms. The van der Waals surface area contributed by atoms with Crippen LogP contribution >= 0.6 is 0 Å². The highest BCUT2D eigenvalue weighted by Gasteiger charge is 2.41. The standard InChI is InChI=1S/C22H28N4O6S/c27-16-22(20(28)29,9-4-10-23-21-24-11-12-25-21)26-33(30,31)14-2-1-5-17-7-8-19-18(15-17)6-3-13-32-19/h3,7-8,11-13,15-16,26H,1-2,4-6,9-10,14H2,(H,28,29)(H2,23,24,25)/t22-/m0/s1. The molecule has 2 aromatic rings. The Morgan fingerprint density at radius 3 is 2.88 bits per heavy atom. The van der Waals surface area contributed by atoms with Crippen LogP contribution in [0.4, 0.5) is 5.95 Å². The van der Waals surface area contributed by atoms with Crippen molar-refractivity contribution in [3.05, 3.63) is 54.1 Å². The van der Waals surface area contributed by atoms with Crippen LogP contribution in [0, 0.1) is 0 Å². The highest BCUT2D eigenvalue weighted by molar-refractivity contribution is 7.89. The lowest BCUT2D eigenvalue weighted by Gasteiger charge is -2.24. The Hall–Kier alpha value is -3.18. The molecular formula is C22H28N4O6S. The molecule has 4 N–H and O–H groups in total. The minimum absolute atomic E-state index is 0.156. The van der Waals surface area contributed by atoms with Crippen molar-refractivity contribution in [1.82, 2.24) is 14.7 Å². The number of hydrogen-bond acceptors (Lipinski definition) is 7. The first-order valence-electron chi connectivity index (χ1n) is 10.7. The summed E-state index contributed by atoms with van der Waals surface area (Å²) in [6, 6.07) is 5.89. The molecule has 10 nitrogen and oxygen atoms in total. The molecule has 0 amide bonds. The summed E-state index contributed by atoms with van der Waals surface area (Å²) in [5.41, 5.74) is -0.0340. The molecule has 2 heterocycles. The van der Waals surface area contributed by atoms with Crippen molar-refractivity contribution in [1.29, 1.82) is 0 Å². The Balaban J connectivity index is 1.48. The maximum absolute atomic E-state index is 12.5. The first-order chi connectivity index (χ1) is 15.8. The number of aromatic amines is 1. The fourth-order valence-corrected chi connectivity index (χ4v) is 5.06. The first-order valence-corrected chi connectivity index (χ1v) is 12.4. The van der Waals surface area contributed by atoms with Gasteiger partial charge in [-0.05, 0) is 61.8 Å². The minimum Gasteiger partial charge on any atom is -0.480 e. The lowest BCUT2D eigenvalue weighted by molar-refractivity contribution is -0.146. The number of nitrogens with zero attached hydrogens (tertiary/aromatic N) is 1. The molecule has 0 saturated heterocycles. The third-order valence-electron chi connectivity index (χ3n) is 5.34. The number of carboxylic acid groups (broad SMARTS) is 1. The smallest absolute Gasteiger partial charge is 0.332 e. The molecule has 0 fully saturated rings. The van der Waals surface area contributed by atoms with Crippen LogP contribution in [0.15, 0.2) is 42.9 Å². The number of carbonyl (C=O) groups is 2. The van der Waals surface area contributed by atoms with Crippen molar-refractivity contribution in [2.24, 2.45) is 0 Å². The summed E-state index contributed by atoms with van der Waals surface area (Å²) in [6.45, 7) is 0.319. The molecule has 0 unspecified atom stereocenters. The molecule has 0 spiro atoms. The molecule has 1 aliphatic rings. The maximum atomic E-state index is 12.5. The number of anilines is 1. The van der Waals surface area contributed by atoms with Gasteiger partial charge in [0, 0.05) is 18.9 Å². The zero-order chi connectivity index (χ0) is 23.7. The van der Waals surface area contributed by atoms with E-state index >= 15 is 0 Å². The lowest BCUT2D eigenvalue weighted by Crippen LogP contribution is -2.56. The number of aldehydes is 1. The number of carbonyl (C=O) groups excluding carboxylic acids is 1. The van der Waals surface area contributed by atoms with Crippen molar-refractivity contribution >= 4 is 28.2 Å². The number of benzene rings is 1. The number of aromatic nitrogens is 2. The van der Waals surface area contributed by atoms with E-state index in [-0.39, 0.29) is 24.9 Å². The molecule has 1 aliphatic heterocycles. The lowest BCUT2D eigenvalue weighted by atomic mass is 9.97. The average molecular weight is 477 g/mol. The van der Waals surface area contributed by atoms with Gasteiger partial charge in [-0.2, -0.15) is 4.72 Å². The summed E-state index contributed by atoms with van der Waals surface area (Å²) in [4.78, 5) is 30.2. The van der Waals surface area contributed by atoms with Crippen molar-refractivity contribution in [2.75, 3.05) is 17.6 Å². The van der Waals surface area contributed by atoms with Crippen molar-refractivity contribution in [2.45, 2.75) is 44.1 Å². The second kappa shape index (κ2) is 11.1. The van der Waals surface area contributed by atoms with Gasteiger partial charge in [-0.1, -0.05) is 12.1 Å². The number of aryl methyl sites for hydroxylation is 1. The third-order valence-corrected chi connectivity index (χ3v) is 6.84. The van der Waals surface area contributed by atoms with Crippen LogP contribution in [0.3, 0.4) is 0 Å². The third kappa shape index (κ3) is 6.90. The van der Waals surface area contributed by atoms with Gasteiger partial charge in [0.1, 0.15) is 5.75 Å². The van der Waals surface area contributed by atoms with E-state index in [1.807, 2.05) is 24.3 Å². The maximum Gasteiger partial charge on any atom is 0.332 e. The number of nitrogens with one attached hydrogen (secondary N) is 3. The molecule has 1 atom stereocenters. The number of rotatable bonds is 14. The number of ether oxygens (including phenoxy) is 1. The molecule has 0 aliphatic carbocycles. The van der Waals surface area contributed by atoms with Gasteiger partial charge in [-0.15, -0.1) is 0 Å². The molecule has 1 aromatic carbocycles. The summed E-state index contributed by atoms with van der Waals surface area (Å²) >= 11 is 0. The van der Waals surface area contributed by atoms with Gasteiger partial charge in [0.2, 0.25) is 10.0 Å². The van der Waals surface area contributed by atoms with Crippen molar-refractivity contribution < 1.29 is 27.9 Å². The van der Waals surface area contributed by atoms with E-state index in [1.54, 1.807) is 18.7 Å². The zero-order valence-corrected chi connectivity index (χ0v) is 18.9. The van der Waals surface area contributed by atoms with E-state index in [9.17, 15) is 23.1 Å². The molecule has 1 aromatic heterocycles. The van der Waals surface area contributed by atoms with Gasteiger partial charge in [0.05, 0.1) is 12.0 Å². The Kier molecular flexibility index (Phi) is 8.23. The van der Waals surface area contributed by atoms with E-state index in [0.717, 1.165) is 23.3 Å². The number of hydrogen-bond donors (Lipinski definition) is 4. The Morgan fingerprint density at radius 1 is 1.30 bits per heavy atom. The molecular weight excluding hydrogens is 448 g/mol.